The number of nitrogens with one attached hydrogen (secondary N) is 1. The van der Waals surface area contributed by atoms with Gasteiger partial charge in [-0.25, -0.2) is 9.59 Å². The molecule has 2 amide bonds. The van der Waals surface area contributed by atoms with Gasteiger partial charge in [0.1, 0.15) is 5.54 Å². The lowest BCUT2D eigenvalue weighted by atomic mass is 9.75. The Morgan fingerprint density at radius 1 is 1.40 bits per heavy atom. The van der Waals surface area contributed by atoms with Crippen LogP contribution in [0.2, 0.25) is 0 Å². The molecule has 0 aliphatic heterocycles. The Kier molecular flexibility index (Phi) is 5.05. The Hall–Kier alpha value is -1.26. The molecule has 0 aromatic heterocycles. The van der Waals surface area contributed by atoms with Crippen LogP contribution in [0, 0.1) is 5.41 Å². The van der Waals surface area contributed by atoms with E-state index in [0.717, 1.165) is 19.3 Å². The Balaban J connectivity index is 2.71. The van der Waals surface area contributed by atoms with Crippen molar-refractivity contribution >= 4 is 12.0 Å². The topological polar surface area (TPSA) is 69.6 Å². The fourth-order valence-corrected chi connectivity index (χ4v) is 2.98. The molecule has 1 atom stereocenters. The molecule has 5 nitrogen and oxygen atoms in total. The molecule has 1 saturated carbocycles. The monoisotopic (exact) mass is 284 g/mol. The van der Waals surface area contributed by atoms with Gasteiger partial charge in [0.15, 0.2) is 0 Å². The maximum Gasteiger partial charge on any atom is 0.329 e. The molecule has 116 valence electrons. The van der Waals surface area contributed by atoms with E-state index in [9.17, 15) is 14.7 Å². The van der Waals surface area contributed by atoms with Gasteiger partial charge in [0.05, 0.1) is 0 Å². The lowest BCUT2D eigenvalue weighted by Crippen LogP contribution is -2.58. The van der Waals surface area contributed by atoms with Crippen molar-refractivity contribution in [2.24, 2.45) is 5.41 Å². The highest BCUT2D eigenvalue weighted by Crippen LogP contribution is 2.35. The van der Waals surface area contributed by atoms with Crippen molar-refractivity contribution < 1.29 is 14.7 Å². The number of hydrogen-bond acceptors (Lipinski definition) is 2. The standard InChI is InChI=1S/C15H28N2O3/c1-6-17(15(4,5)12(18)19)13(20)16-11-8-7-9-14(2,3)10-11/h11H,6-10H2,1-5H3,(H,16,20)(H,18,19). The van der Waals surface area contributed by atoms with Crippen molar-refractivity contribution in [1.82, 2.24) is 10.2 Å². The van der Waals surface area contributed by atoms with E-state index in [2.05, 4.69) is 19.2 Å². The number of urea groups is 1. The van der Waals surface area contributed by atoms with Crippen LogP contribution in [0.5, 0.6) is 0 Å². The molecular formula is C15H28N2O3. The highest BCUT2D eigenvalue weighted by molar-refractivity contribution is 5.85. The van der Waals surface area contributed by atoms with Gasteiger partial charge in [-0.05, 0) is 45.4 Å². The quantitative estimate of drug-likeness (QED) is 0.834. The molecule has 20 heavy (non-hydrogen) atoms. The number of nitrogens with zero attached hydrogens (tertiary/aromatic N) is 1. The molecule has 1 rings (SSSR count). The maximum absolute atomic E-state index is 12.4. The van der Waals surface area contributed by atoms with Gasteiger partial charge in [-0.15, -0.1) is 0 Å². The lowest BCUT2D eigenvalue weighted by molar-refractivity contribution is -0.147. The number of aliphatic carboxylic acids is 1. The van der Waals surface area contributed by atoms with Gasteiger partial charge < -0.3 is 15.3 Å². The average molecular weight is 284 g/mol. The number of carbonyl (C=O) groups excluding carboxylic acids is 1. The predicted molar refractivity (Wildman–Crippen MR) is 78.7 cm³/mol. The van der Waals surface area contributed by atoms with Crippen LogP contribution in [0.1, 0.15) is 60.3 Å². The van der Waals surface area contributed by atoms with Crippen LogP contribution in [0.25, 0.3) is 0 Å². The molecule has 0 aromatic rings. The maximum atomic E-state index is 12.4. The Bertz CT molecular complexity index is 377. The lowest BCUT2D eigenvalue weighted by Gasteiger charge is -2.39. The van der Waals surface area contributed by atoms with Crippen LogP contribution in [0.4, 0.5) is 4.79 Å². The molecule has 1 aliphatic rings. The number of carbonyl (C=O) groups is 2. The van der Waals surface area contributed by atoms with Crippen molar-refractivity contribution in [2.75, 3.05) is 6.54 Å². The zero-order valence-electron chi connectivity index (χ0n) is 13.3. The van der Waals surface area contributed by atoms with Gasteiger partial charge in [-0.2, -0.15) is 0 Å². The van der Waals surface area contributed by atoms with E-state index in [1.165, 1.54) is 11.3 Å². The number of likely N-dealkylation sites (N-methyl/N-ethyl adjacent to an activating group) is 1. The smallest absolute Gasteiger partial charge is 0.329 e. The third kappa shape index (κ3) is 3.87. The Labute approximate surface area is 121 Å². The van der Waals surface area contributed by atoms with Crippen LogP contribution in [0.3, 0.4) is 0 Å². The summed E-state index contributed by atoms with van der Waals surface area (Å²) in [5, 5.41) is 12.3. The Morgan fingerprint density at radius 3 is 2.45 bits per heavy atom. The van der Waals surface area contributed by atoms with E-state index < -0.39 is 11.5 Å². The highest BCUT2D eigenvalue weighted by atomic mass is 16.4. The van der Waals surface area contributed by atoms with Crippen LogP contribution in [0.15, 0.2) is 0 Å². The second-order valence-electron chi connectivity index (χ2n) is 7.02. The summed E-state index contributed by atoms with van der Waals surface area (Å²) in [6.07, 6.45) is 4.20. The minimum Gasteiger partial charge on any atom is -0.480 e. The molecule has 0 saturated heterocycles. The molecule has 0 spiro atoms. The predicted octanol–water partition coefficient (Wildman–Crippen LogP) is 2.85. The van der Waals surface area contributed by atoms with Gasteiger partial charge in [-0.3, -0.25) is 0 Å². The van der Waals surface area contributed by atoms with Crippen molar-refractivity contribution in [3.63, 3.8) is 0 Å². The number of carboxylic acid groups (broad SMARTS) is 1. The number of amides is 2. The number of carboxylic acids is 1. The molecule has 2 N–H and O–H groups in total. The number of hydrogen-bond donors (Lipinski definition) is 2. The summed E-state index contributed by atoms with van der Waals surface area (Å²) in [4.78, 5) is 25.0. The fourth-order valence-electron chi connectivity index (χ4n) is 2.98. The van der Waals surface area contributed by atoms with Crippen LogP contribution in [-0.4, -0.2) is 40.1 Å². The summed E-state index contributed by atoms with van der Waals surface area (Å²) in [7, 11) is 0. The summed E-state index contributed by atoms with van der Waals surface area (Å²) in [6, 6.07) is -0.132. The normalized spacial score (nSPS) is 22.1. The zero-order chi connectivity index (χ0) is 15.6. The first kappa shape index (κ1) is 16.8. The van der Waals surface area contributed by atoms with Crippen LogP contribution >= 0.6 is 0 Å². The van der Waals surface area contributed by atoms with E-state index in [-0.39, 0.29) is 17.5 Å². The molecule has 0 radical (unpaired) electrons. The SMILES string of the molecule is CCN(C(=O)NC1CCCC(C)(C)C1)C(C)(C)C(=O)O. The third-order valence-corrected chi connectivity index (χ3v) is 4.29. The van der Waals surface area contributed by atoms with Crippen molar-refractivity contribution in [1.29, 1.82) is 0 Å². The minimum absolute atomic E-state index is 0.143. The molecule has 1 aliphatic carbocycles. The summed E-state index contributed by atoms with van der Waals surface area (Å²) >= 11 is 0. The van der Waals surface area contributed by atoms with Gasteiger partial charge in [0, 0.05) is 12.6 Å². The molecule has 5 heteroatoms. The highest BCUT2D eigenvalue weighted by Gasteiger charge is 2.38. The molecule has 1 fully saturated rings. The fraction of sp³-hybridized carbons (Fsp3) is 0.867. The molecule has 0 bridgehead atoms. The van der Waals surface area contributed by atoms with E-state index in [1.54, 1.807) is 20.8 Å². The summed E-state index contributed by atoms with van der Waals surface area (Å²) in [5.41, 5.74) is -0.946. The number of rotatable bonds is 4. The van der Waals surface area contributed by atoms with Crippen LogP contribution < -0.4 is 5.32 Å². The molecule has 0 heterocycles. The van der Waals surface area contributed by atoms with Crippen molar-refractivity contribution in [3.05, 3.63) is 0 Å². The average Bonchev–Trinajstić information content (AvgIpc) is 2.27. The molecular weight excluding hydrogens is 256 g/mol. The largest absolute Gasteiger partial charge is 0.480 e. The van der Waals surface area contributed by atoms with E-state index in [4.69, 9.17) is 0 Å². The Morgan fingerprint density at radius 2 is 2.00 bits per heavy atom. The summed E-state index contributed by atoms with van der Waals surface area (Å²) in [6.45, 7) is 9.72. The summed E-state index contributed by atoms with van der Waals surface area (Å²) < 4.78 is 0. The second kappa shape index (κ2) is 6.02. The molecule has 0 aromatic carbocycles. The van der Waals surface area contributed by atoms with Crippen molar-refractivity contribution in [3.8, 4) is 0 Å². The van der Waals surface area contributed by atoms with Gasteiger partial charge in [-0.1, -0.05) is 20.3 Å². The van der Waals surface area contributed by atoms with Crippen LogP contribution in [-0.2, 0) is 4.79 Å². The van der Waals surface area contributed by atoms with Crippen molar-refractivity contribution in [2.45, 2.75) is 71.9 Å². The first-order valence-electron chi connectivity index (χ1n) is 7.41. The minimum atomic E-state index is -1.19. The summed E-state index contributed by atoms with van der Waals surface area (Å²) in [5.74, 6) is -0.988. The third-order valence-electron chi connectivity index (χ3n) is 4.29. The van der Waals surface area contributed by atoms with E-state index in [1.807, 2.05) is 0 Å². The molecule has 1 unspecified atom stereocenters. The van der Waals surface area contributed by atoms with Gasteiger partial charge in [0.2, 0.25) is 0 Å². The van der Waals surface area contributed by atoms with Gasteiger partial charge in [0.25, 0.3) is 0 Å². The second-order valence-corrected chi connectivity index (χ2v) is 7.02. The first-order chi connectivity index (χ1) is 9.10. The first-order valence-corrected chi connectivity index (χ1v) is 7.41. The van der Waals surface area contributed by atoms with E-state index in [0.29, 0.717) is 6.54 Å². The van der Waals surface area contributed by atoms with E-state index >= 15 is 0 Å². The zero-order valence-corrected chi connectivity index (χ0v) is 13.3. The van der Waals surface area contributed by atoms with Gasteiger partial charge >= 0.3 is 12.0 Å².